The van der Waals surface area contributed by atoms with Crippen molar-refractivity contribution in [2.45, 2.75) is 33.6 Å². The molecule has 15 heavy (non-hydrogen) atoms. The summed E-state index contributed by atoms with van der Waals surface area (Å²) in [5.41, 5.74) is 1.30. The molecule has 0 aromatic rings. The fourth-order valence-corrected chi connectivity index (χ4v) is 2.26. The van der Waals surface area contributed by atoms with Crippen LogP contribution in [-0.4, -0.2) is 31.0 Å². The van der Waals surface area contributed by atoms with Gasteiger partial charge >= 0.3 is 5.97 Å². The Hall–Kier alpha value is -0.830. The van der Waals surface area contributed by atoms with Crippen molar-refractivity contribution in [3.63, 3.8) is 0 Å². The minimum atomic E-state index is -0.218. The highest BCUT2D eigenvalue weighted by atomic mass is 16.5. The topological polar surface area (TPSA) is 29.5 Å². The van der Waals surface area contributed by atoms with E-state index in [1.54, 1.807) is 0 Å². The third-order valence-electron chi connectivity index (χ3n) is 2.85. The number of allylic oxidation sites excluding steroid dienone is 1. The van der Waals surface area contributed by atoms with E-state index in [-0.39, 0.29) is 5.97 Å². The molecule has 0 amide bonds. The van der Waals surface area contributed by atoms with Gasteiger partial charge in [0.1, 0.15) is 5.76 Å². The van der Waals surface area contributed by atoms with Crippen LogP contribution in [-0.2, 0) is 9.53 Å². The fourth-order valence-electron chi connectivity index (χ4n) is 2.26. The zero-order valence-electron chi connectivity index (χ0n) is 10.2. The molecule has 1 fully saturated rings. The van der Waals surface area contributed by atoms with E-state index in [2.05, 4.69) is 18.9 Å². The second-order valence-electron chi connectivity index (χ2n) is 4.36. The molecule has 0 N–H and O–H groups in total. The van der Waals surface area contributed by atoms with Crippen LogP contribution in [0.5, 0.6) is 0 Å². The molecule has 0 aliphatic carbocycles. The van der Waals surface area contributed by atoms with Crippen molar-refractivity contribution >= 4 is 5.97 Å². The molecule has 0 unspecified atom stereocenters. The number of nitrogens with zero attached hydrogens (tertiary/aromatic N) is 1. The minimum absolute atomic E-state index is 0.218. The molecule has 1 heterocycles. The summed E-state index contributed by atoms with van der Waals surface area (Å²) in [5.74, 6) is 1.16. The first-order chi connectivity index (χ1) is 7.04. The van der Waals surface area contributed by atoms with Crippen LogP contribution in [0.25, 0.3) is 0 Å². The molecule has 86 valence electrons. The summed E-state index contributed by atoms with van der Waals surface area (Å²) in [5, 5.41) is 0. The highest BCUT2D eigenvalue weighted by Crippen LogP contribution is 2.28. The lowest BCUT2D eigenvalue weighted by Gasteiger charge is -2.12. The van der Waals surface area contributed by atoms with Gasteiger partial charge in [0, 0.05) is 20.0 Å². The second kappa shape index (κ2) is 5.31. The van der Waals surface area contributed by atoms with E-state index in [1.807, 2.05) is 6.92 Å². The molecule has 0 aromatic heterocycles. The number of carbonyl (C=O) groups excluding carboxylic acids is 1. The van der Waals surface area contributed by atoms with Crippen LogP contribution in [0.3, 0.4) is 0 Å². The largest absolute Gasteiger partial charge is 0.432 e. The van der Waals surface area contributed by atoms with Gasteiger partial charge in [0.25, 0.3) is 0 Å². The van der Waals surface area contributed by atoms with Gasteiger partial charge in [0.2, 0.25) is 0 Å². The van der Waals surface area contributed by atoms with E-state index in [0.717, 1.165) is 18.8 Å². The van der Waals surface area contributed by atoms with Crippen LogP contribution in [0, 0.1) is 5.92 Å². The van der Waals surface area contributed by atoms with Gasteiger partial charge in [-0.1, -0.05) is 13.3 Å². The predicted molar refractivity (Wildman–Crippen MR) is 60.4 cm³/mol. The lowest BCUT2D eigenvalue weighted by molar-refractivity contribution is -0.136. The molecule has 0 bridgehead atoms. The fraction of sp³-hybridized carbons (Fsp3) is 0.750. The number of hydrogen-bond acceptors (Lipinski definition) is 3. The minimum Gasteiger partial charge on any atom is -0.432 e. The smallest absolute Gasteiger partial charge is 0.307 e. The first-order valence-electron chi connectivity index (χ1n) is 5.61. The van der Waals surface area contributed by atoms with Gasteiger partial charge in [0.15, 0.2) is 0 Å². The number of likely N-dealkylation sites (tertiary alicyclic amines) is 1. The van der Waals surface area contributed by atoms with Crippen molar-refractivity contribution in [3.8, 4) is 0 Å². The molecule has 3 nitrogen and oxygen atoms in total. The summed E-state index contributed by atoms with van der Waals surface area (Å²) >= 11 is 0. The number of carbonyl (C=O) groups is 1. The van der Waals surface area contributed by atoms with E-state index < -0.39 is 0 Å². The zero-order valence-corrected chi connectivity index (χ0v) is 10.2. The SMILES string of the molecule is CCC[C@@H]1CN(C)C/C1=C(\C)OC(C)=O. The van der Waals surface area contributed by atoms with Crippen molar-refractivity contribution in [1.82, 2.24) is 4.90 Å². The zero-order chi connectivity index (χ0) is 11.4. The maximum Gasteiger partial charge on any atom is 0.307 e. The molecule has 1 saturated heterocycles. The Labute approximate surface area is 92.1 Å². The Morgan fingerprint density at radius 2 is 2.20 bits per heavy atom. The van der Waals surface area contributed by atoms with E-state index in [9.17, 15) is 4.79 Å². The molecule has 3 heteroatoms. The lowest BCUT2D eigenvalue weighted by Crippen LogP contribution is -2.13. The van der Waals surface area contributed by atoms with E-state index in [0.29, 0.717) is 5.92 Å². The average Bonchev–Trinajstić information content (AvgIpc) is 2.46. The highest BCUT2D eigenvalue weighted by molar-refractivity contribution is 5.67. The van der Waals surface area contributed by atoms with E-state index >= 15 is 0 Å². The van der Waals surface area contributed by atoms with Gasteiger partial charge < -0.3 is 9.64 Å². The standard InChI is InChI=1S/C12H21NO2/c1-5-6-11-7-13(4)8-12(11)9(2)15-10(3)14/h11H,5-8H2,1-4H3/b12-9-/t11-/m1/s1. The van der Waals surface area contributed by atoms with Gasteiger partial charge in [-0.2, -0.15) is 0 Å². The van der Waals surface area contributed by atoms with Crippen LogP contribution in [0.15, 0.2) is 11.3 Å². The number of hydrogen-bond donors (Lipinski definition) is 0. The molecule has 0 aromatic carbocycles. The van der Waals surface area contributed by atoms with Crippen LogP contribution in [0.1, 0.15) is 33.6 Å². The van der Waals surface area contributed by atoms with Crippen molar-refractivity contribution < 1.29 is 9.53 Å². The second-order valence-corrected chi connectivity index (χ2v) is 4.36. The van der Waals surface area contributed by atoms with Crippen LogP contribution in [0.2, 0.25) is 0 Å². The Morgan fingerprint density at radius 1 is 1.53 bits per heavy atom. The van der Waals surface area contributed by atoms with Crippen molar-refractivity contribution in [2.24, 2.45) is 5.92 Å². The average molecular weight is 211 g/mol. The maximum absolute atomic E-state index is 10.9. The van der Waals surface area contributed by atoms with Crippen LogP contribution >= 0.6 is 0 Å². The first-order valence-corrected chi connectivity index (χ1v) is 5.61. The molecule has 0 saturated carbocycles. The van der Waals surface area contributed by atoms with Gasteiger partial charge in [-0.3, -0.25) is 4.79 Å². The maximum atomic E-state index is 10.9. The van der Waals surface area contributed by atoms with Gasteiger partial charge in [-0.05, 0) is 31.9 Å². The highest BCUT2D eigenvalue weighted by Gasteiger charge is 2.26. The summed E-state index contributed by atoms with van der Waals surface area (Å²) in [6, 6.07) is 0. The summed E-state index contributed by atoms with van der Waals surface area (Å²) < 4.78 is 5.17. The number of likely N-dealkylation sites (N-methyl/N-ethyl adjacent to an activating group) is 1. The quantitative estimate of drug-likeness (QED) is 0.529. The van der Waals surface area contributed by atoms with Crippen LogP contribution in [0.4, 0.5) is 0 Å². The van der Waals surface area contributed by atoms with E-state index in [1.165, 1.54) is 25.3 Å². The summed E-state index contributed by atoms with van der Waals surface area (Å²) in [6.45, 7) is 7.57. The molecule has 1 rings (SSSR count). The summed E-state index contributed by atoms with van der Waals surface area (Å²) in [4.78, 5) is 13.2. The molecule has 1 aliphatic heterocycles. The number of esters is 1. The van der Waals surface area contributed by atoms with Gasteiger partial charge in [-0.15, -0.1) is 0 Å². The molecule has 1 aliphatic rings. The summed E-state index contributed by atoms with van der Waals surface area (Å²) in [6.07, 6.45) is 2.35. The monoisotopic (exact) mass is 211 g/mol. The third-order valence-corrected chi connectivity index (χ3v) is 2.85. The van der Waals surface area contributed by atoms with Crippen molar-refractivity contribution in [3.05, 3.63) is 11.3 Å². The Balaban J connectivity index is 2.76. The number of rotatable bonds is 3. The Kier molecular flexibility index (Phi) is 4.33. The normalized spacial score (nSPS) is 25.5. The molecular formula is C12H21NO2. The molecular weight excluding hydrogens is 190 g/mol. The Bertz CT molecular complexity index is 271. The molecule has 1 atom stereocenters. The first kappa shape index (κ1) is 12.2. The third kappa shape index (κ3) is 3.34. The molecule has 0 radical (unpaired) electrons. The molecule has 0 spiro atoms. The Morgan fingerprint density at radius 3 is 2.73 bits per heavy atom. The van der Waals surface area contributed by atoms with E-state index in [4.69, 9.17) is 4.74 Å². The van der Waals surface area contributed by atoms with Gasteiger partial charge in [0.05, 0.1) is 0 Å². The predicted octanol–water partition coefficient (Wildman–Crippen LogP) is 2.19. The lowest BCUT2D eigenvalue weighted by atomic mass is 9.97. The summed E-state index contributed by atoms with van der Waals surface area (Å²) in [7, 11) is 2.11. The van der Waals surface area contributed by atoms with Crippen LogP contribution < -0.4 is 0 Å². The van der Waals surface area contributed by atoms with Crippen molar-refractivity contribution in [2.75, 3.05) is 20.1 Å². The van der Waals surface area contributed by atoms with Crippen molar-refractivity contribution in [1.29, 1.82) is 0 Å². The van der Waals surface area contributed by atoms with Gasteiger partial charge in [-0.25, -0.2) is 0 Å². The number of ether oxygens (including phenoxy) is 1.